The van der Waals surface area contributed by atoms with Gasteiger partial charge >= 0.3 is 0 Å². The lowest BCUT2D eigenvalue weighted by atomic mass is 9.88. The number of hydrogen-bond donors (Lipinski definition) is 2. The van der Waals surface area contributed by atoms with E-state index in [9.17, 15) is 18.4 Å². The summed E-state index contributed by atoms with van der Waals surface area (Å²) in [6, 6.07) is 4.74. The van der Waals surface area contributed by atoms with Gasteiger partial charge in [0.25, 0.3) is 5.56 Å². The molecule has 25 heavy (non-hydrogen) atoms. The summed E-state index contributed by atoms with van der Waals surface area (Å²) in [7, 11) is 0. The summed E-state index contributed by atoms with van der Waals surface area (Å²) in [5.41, 5.74) is -0.161. The van der Waals surface area contributed by atoms with Gasteiger partial charge in [-0.25, -0.2) is 14.3 Å². The number of carbonyl (C=O) groups is 1. The summed E-state index contributed by atoms with van der Waals surface area (Å²) in [5, 5.41) is 8.87. The van der Waals surface area contributed by atoms with Crippen LogP contribution in [0.25, 0.3) is 11.1 Å². The van der Waals surface area contributed by atoms with Crippen molar-refractivity contribution in [3.8, 4) is 11.1 Å². The topological polar surface area (TPSA) is 71.3 Å². The first-order valence-corrected chi connectivity index (χ1v) is 7.83. The highest BCUT2D eigenvalue weighted by Gasteiger charge is 2.27. The molecule has 1 aromatic carbocycles. The average molecular weight is 371 g/mol. The van der Waals surface area contributed by atoms with Crippen molar-refractivity contribution in [3.63, 3.8) is 0 Å². The summed E-state index contributed by atoms with van der Waals surface area (Å²) >= 11 is 5.67. The number of aryl methyl sites for hydroxylation is 1. The fraction of sp³-hybridized carbons (Fsp3) is 0.294. The second-order valence-corrected chi connectivity index (χ2v) is 6.70. The first-order valence-electron chi connectivity index (χ1n) is 7.45. The van der Waals surface area contributed by atoms with Crippen molar-refractivity contribution in [2.24, 2.45) is 5.41 Å². The molecule has 5 nitrogen and oxygen atoms in total. The Kier molecular flexibility index (Phi) is 5.59. The molecule has 2 aromatic rings. The number of hydrogen-bond acceptors (Lipinski definition) is 3. The molecule has 0 aliphatic rings. The number of carbonyl (C=O) groups excluding carboxylic acids is 1. The van der Waals surface area contributed by atoms with Crippen LogP contribution in [0, 0.1) is 17.0 Å². The highest BCUT2D eigenvalue weighted by Crippen LogP contribution is 2.27. The van der Waals surface area contributed by atoms with Gasteiger partial charge in [0.15, 0.2) is 0 Å². The molecule has 0 fully saturated rings. The third-order valence-electron chi connectivity index (χ3n) is 3.99. The molecular weight excluding hydrogens is 354 g/mol. The minimum absolute atomic E-state index is 0.0551. The lowest BCUT2D eigenvalue weighted by molar-refractivity contribution is -0.138. The molecule has 0 saturated heterocycles. The van der Waals surface area contributed by atoms with E-state index in [4.69, 9.17) is 16.8 Å². The molecule has 1 heterocycles. The van der Waals surface area contributed by atoms with Crippen molar-refractivity contribution in [1.82, 2.24) is 10.0 Å². The molecule has 0 spiro atoms. The van der Waals surface area contributed by atoms with Gasteiger partial charge in [0.1, 0.15) is 11.6 Å². The van der Waals surface area contributed by atoms with Gasteiger partial charge in [-0.05, 0) is 24.6 Å². The SMILES string of the molecule is CC(C)(CCn1cc(F)c(-c2ccc(Cl)cc2F)cc1=O)C(=O)NO. The van der Waals surface area contributed by atoms with E-state index in [1.807, 2.05) is 0 Å². The molecule has 2 N–H and O–H groups in total. The molecule has 8 heteroatoms. The van der Waals surface area contributed by atoms with E-state index < -0.39 is 28.5 Å². The van der Waals surface area contributed by atoms with Crippen molar-refractivity contribution < 1.29 is 18.8 Å². The Balaban J connectivity index is 2.32. The van der Waals surface area contributed by atoms with Crippen molar-refractivity contribution in [3.05, 3.63) is 57.5 Å². The summed E-state index contributed by atoms with van der Waals surface area (Å²) in [4.78, 5) is 23.7. The molecule has 0 atom stereocenters. The van der Waals surface area contributed by atoms with Crippen molar-refractivity contribution in [2.75, 3.05) is 0 Å². The molecule has 1 amide bonds. The Morgan fingerprint density at radius 1 is 1.24 bits per heavy atom. The van der Waals surface area contributed by atoms with Gasteiger partial charge in [0, 0.05) is 40.4 Å². The minimum atomic E-state index is -0.953. The van der Waals surface area contributed by atoms with Crippen LogP contribution in [-0.2, 0) is 11.3 Å². The zero-order valence-electron chi connectivity index (χ0n) is 13.6. The van der Waals surface area contributed by atoms with Gasteiger partial charge in [-0.1, -0.05) is 25.4 Å². The molecule has 0 radical (unpaired) electrons. The fourth-order valence-electron chi connectivity index (χ4n) is 2.30. The normalized spacial score (nSPS) is 11.4. The molecular formula is C17H17ClF2N2O3. The lowest BCUT2D eigenvalue weighted by Gasteiger charge is -2.22. The maximum absolute atomic E-state index is 14.4. The third-order valence-corrected chi connectivity index (χ3v) is 4.23. The lowest BCUT2D eigenvalue weighted by Crippen LogP contribution is -2.36. The van der Waals surface area contributed by atoms with E-state index in [2.05, 4.69) is 0 Å². The van der Waals surface area contributed by atoms with Crippen LogP contribution in [0.2, 0.25) is 5.02 Å². The number of hydroxylamine groups is 1. The van der Waals surface area contributed by atoms with Gasteiger partial charge in [0.05, 0.1) is 0 Å². The molecule has 0 unspecified atom stereocenters. The number of benzene rings is 1. The Morgan fingerprint density at radius 3 is 2.52 bits per heavy atom. The molecule has 134 valence electrons. The van der Waals surface area contributed by atoms with Crippen LogP contribution in [0.4, 0.5) is 8.78 Å². The van der Waals surface area contributed by atoms with Crippen molar-refractivity contribution in [1.29, 1.82) is 0 Å². The summed E-state index contributed by atoms with van der Waals surface area (Å²) in [6.45, 7) is 3.22. The van der Waals surface area contributed by atoms with E-state index in [0.717, 1.165) is 22.9 Å². The summed E-state index contributed by atoms with van der Waals surface area (Å²) in [5.74, 6) is -2.12. The Hall–Kier alpha value is -2.25. The number of nitrogens with zero attached hydrogens (tertiary/aromatic N) is 1. The van der Waals surface area contributed by atoms with E-state index in [1.54, 1.807) is 19.3 Å². The van der Waals surface area contributed by atoms with Crippen LogP contribution in [0.1, 0.15) is 20.3 Å². The second kappa shape index (κ2) is 7.33. The molecule has 0 aliphatic heterocycles. The monoisotopic (exact) mass is 370 g/mol. The maximum atomic E-state index is 14.4. The van der Waals surface area contributed by atoms with Crippen LogP contribution in [-0.4, -0.2) is 15.7 Å². The molecule has 0 aliphatic carbocycles. The number of rotatable bonds is 5. The van der Waals surface area contributed by atoms with Gasteiger partial charge in [0.2, 0.25) is 5.91 Å². The first kappa shape index (κ1) is 19.1. The first-order chi connectivity index (χ1) is 11.7. The van der Waals surface area contributed by atoms with Gasteiger partial charge in [-0.15, -0.1) is 0 Å². The number of halogens is 3. The van der Waals surface area contributed by atoms with Crippen molar-refractivity contribution >= 4 is 17.5 Å². The highest BCUT2D eigenvalue weighted by molar-refractivity contribution is 6.30. The average Bonchev–Trinajstić information content (AvgIpc) is 2.55. The number of nitrogens with one attached hydrogen (secondary N) is 1. The zero-order valence-corrected chi connectivity index (χ0v) is 14.4. The van der Waals surface area contributed by atoms with Gasteiger partial charge < -0.3 is 4.57 Å². The van der Waals surface area contributed by atoms with Crippen LogP contribution < -0.4 is 11.0 Å². The molecule has 0 bridgehead atoms. The Morgan fingerprint density at radius 2 is 1.92 bits per heavy atom. The fourth-order valence-corrected chi connectivity index (χ4v) is 2.46. The van der Waals surface area contributed by atoms with Crippen LogP contribution >= 0.6 is 11.6 Å². The predicted octanol–water partition coefficient (Wildman–Crippen LogP) is 3.37. The standard InChI is InChI=1S/C17H17ClF2N2O3/c1-17(2,16(24)21-25)5-6-22-9-14(20)12(8-15(22)23)11-4-3-10(18)7-13(11)19/h3-4,7-9,25H,5-6H2,1-2H3,(H,21,24). The highest BCUT2D eigenvalue weighted by atomic mass is 35.5. The Bertz CT molecular complexity index is 865. The summed E-state index contributed by atoms with van der Waals surface area (Å²) < 4.78 is 29.4. The van der Waals surface area contributed by atoms with Gasteiger partial charge in [-0.3, -0.25) is 14.8 Å². The minimum Gasteiger partial charge on any atom is -0.313 e. The Labute approximate surface area is 147 Å². The quantitative estimate of drug-likeness (QED) is 0.626. The van der Waals surface area contributed by atoms with Crippen LogP contribution in [0.3, 0.4) is 0 Å². The predicted molar refractivity (Wildman–Crippen MR) is 89.4 cm³/mol. The van der Waals surface area contributed by atoms with Gasteiger partial charge in [-0.2, -0.15) is 0 Å². The molecule has 1 aromatic heterocycles. The maximum Gasteiger partial charge on any atom is 0.251 e. The van der Waals surface area contributed by atoms with Crippen LogP contribution in [0.15, 0.2) is 35.3 Å². The summed E-state index contributed by atoms with van der Waals surface area (Å²) in [6.07, 6.45) is 1.16. The number of aromatic nitrogens is 1. The third kappa shape index (κ3) is 4.24. The number of pyridine rings is 1. The molecule has 2 rings (SSSR count). The van der Waals surface area contributed by atoms with E-state index >= 15 is 0 Å². The van der Waals surface area contributed by atoms with E-state index in [1.165, 1.54) is 12.1 Å². The van der Waals surface area contributed by atoms with E-state index in [0.29, 0.717) is 0 Å². The van der Waals surface area contributed by atoms with E-state index in [-0.39, 0.29) is 29.1 Å². The number of amides is 1. The van der Waals surface area contributed by atoms with Crippen molar-refractivity contribution in [2.45, 2.75) is 26.8 Å². The largest absolute Gasteiger partial charge is 0.313 e. The molecule has 0 saturated carbocycles. The second-order valence-electron chi connectivity index (χ2n) is 6.27. The zero-order chi connectivity index (χ0) is 18.8. The smallest absolute Gasteiger partial charge is 0.251 e. The van der Waals surface area contributed by atoms with Crippen LogP contribution in [0.5, 0.6) is 0 Å².